The van der Waals surface area contributed by atoms with E-state index in [0.717, 1.165) is 17.9 Å². The van der Waals surface area contributed by atoms with Gasteiger partial charge in [-0.3, -0.25) is 5.32 Å². The molecule has 0 aliphatic heterocycles. The second kappa shape index (κ2) is 10.9. The van der Waals surface area contributed by atoms with Gasteiger partial charge in [-0.05, 0) is 68.7 Å². The second-order valence-electron chi connectivity index (χ2n) is 12.6. The summed E-state index contributed by atoms with van der Waals surface area (Å²) >= 11 is 0. The summed E-state index contributed by atoms with van der Waals surface area (Å²) in [5, 5.41) is 6.50. The molecule has 5 aromatic rings. The van der Waals surface area contributed by atoms with E-state index in [2.05, 4.69) is 136 Å². The molecule has 3 heterocycles. The molecule has 1 N–H and O–H groups in total. The van der Waals surface area contributed by atoms with Crippen LogP contribution in [0.3, 0.4) is 0 Å². The lowest BCUT2D eigenvalue weighted by Gasteiger charge is -2.31. The van der Waals surface area contributed by atoms with E-state index in [9.17, 15) is 13.2 Å². The van der Waals surface area contributed by atoms with Crippen LogP contribution in [0.25, 0.3) is 33.2 Å². The summed E-state index contributed by atoms with van der Waals surface area (Å²) in [6.45, 7) is 15.9. The number of imidazole rings is 1. The van der Waals surface area contributed by atoms with Gasteiger partial charge in [-0.2, -0.15) is 13.2 Å². The fourth-order valence-electron chi connectivity index (χ4n) is 5.66. The maximum Gasteiger partial charge on any atom is 0.485 e. The number of hydrogen-bond acceptors (Lipinski definition) is 4. The third kappa shape index (κ3) is 6.71. The number of alkyl halides is 3. The highest BCUT2D eigenvalue weighted by molar-refractivity contribution is 7.86. The van der Waals surface area contributed by atoms with Crippen molar-refractivity contribution in [3.63, 3.8) is 0 Å². The van der Waals surface area contributed by atoms with Crippen molar-refractivity contribution in [1.29, 1.82) is 0 Å². The van der Waals surface area contributed by atoms with Crippen molar-refractivity contribution >= 4 is 37.9 Å². The van der Waals surface area contributed by atoms with Gasteiger partial charge < -0.3 is 4.55 Å². The van der Waals surface area contributed by atoms with E-state index in [1.54, 1.807) is 0 Å². The maximum absolute atomic E-state index is 10.7. The van der Waals surface area contributed by atoms with Crippen LogP contribution >= 0.6 is 0 Å². The summed E-state index contributed by atoms with van der Waals surface area (Å²) in [7, 11) is -6.09. The van der Waals surface area contributed by atoms with Crippen LogP contribution in [0.4, 0.5) is 19.0 Å². The Labute approximate surface area is 244 Å². The van der Waals surface area contributed by atoms with Crippen molar-refractivity contribution in [3.8, 4) is 11.3 Å². The highest BCUT2D eigenvalue weighted by Crippen LogP contribution is 2.36. The van der Waals surface area contributed by atoms with Crippen molar-refractivity contribution in [2.75, 3.05) is 5.32 Å². The molecular formula is C32H36F3N3O3S. The quantitative estimate of drug-likeness (QED) is 0.130. The number of anilines is 1. The lowest BCUT2D eigenvalue weighted by Crippen LogP contribution is -2.39. The Morgan fingerprint density at radius 1 is 0.881 bits per heavy atom. The number of rotatable bonds is 4. The van der Waals surface area contributed by atoms with Crippen LogP contribution in [0.5, 0.6) is 0 Å². The molecule has 0 atom stereocenters. The van der Waals surface area contributed by atoms with Gasteiger partial charge in [0.1, 0.15) is 5.69 Å². The molecule has 0 radical (unpaired) electrons. The van der Waals surface area contributed by atoms with Crippen LogP contribution in [0.1, 0.15) is 52.2 Å². The van der Waals surface area contributed by atoms with Gasteiger partial charge in [0.15, 0.2) is 15.6 Å². The Balaban J connectivity index is 0.000000446. The van der Waals surface area contributed by atoms with Crippen molar-refractivity contribution in [3.05, 3.63) is 84.1 Å². The van der Waals surface area contributed by atoms with Crippen LogP contribution in [0, 0.1) is 19.3 Å². The number of halogens is 3. The van der Waals surface area contributed by atoms with Gasteiger partial charge in [0.2, 0.25) is 5.65 Å². The third-order valence-corrected chi connectivity index (χ3v) is 7.34. The lowest BCUT2D eigenvalue weighted by molar-refractivity contribution is -0.495. The van der Waals surface area contributed by atoms with Gasteiger partial charge in [0, 0.05) is 17.0 Å². The smallest absolute Gasteiger partial charge is 0.485 e. The molecule has 0 spiro atoms. The zero-order valence-electron chi connectivity index (χ0n) is 24.8. The standard InChI is InChI=1S/C31H36N3.CHF3O3S/c1-21-11-10-13-24(17-21)26-18-23-12-8-9-14-25(23)28-29(32-31(6,7)20-30(3,4)5)33-19-22(2)15-16-27(33)34(26)28;2-1(3,4)8(5,6)7/h8-19,32H,20H2,1-7H3;(H,5,6,7)/q+1;/p-1. The first-order chi connectivity index (χ1) is 19.3. The topological polar surface area (TPSA) is 77.7 Å². The largest absolute Gasteiger partial charge is 0.741 e. The molecule has 5 rings (SSSR count). The van der Waals surface area contributed by atoms with Gasteiger partial charge in [-0.25, -0.2) is 17.2 Å². The van der Waals surface area contributed by atoms with E-state index >= 15 is 0 Å². The van der Waals surface area contributed by atoms with Crippen LogP contribution < -0.4 is 9.72 Å². The third-order valence-electron chi connectivity index (χ3n) is 6.77. The normalized spacial score (nSPS) is 12.9. The first-order valence-electron chi connectivity index (χ1n) is 13.5. The molecule has 42 heavy (non-hydrogen) atoms. The molecule has 0 saturated carbocycles. The summed E-state index contributed by atoms with van der Waals surface area (Å²) in [5.74, 6) is 1.15. The number of nitrogens with one attached hydrogen (secondary N) is 1. The Bertz CT molecular complexity index is 1890. The Hall–Kier alpha value is -3.63. The molecule has 0 aliphatic rings. The molecule has 3 aromatic heterocycles. The zero-order chi connectivity index (χ0) is 31.3. The monoisotopic (exact) mass is 599 g/mol. The van der Waals surface area contributed by atoms with E-state index in [1.807, 2.05) is 0 Å². The number of aryl methyl sites for hydroxylation is 2. The van der Waals surface area contributed by atoms with Crippen LogP contribution in [0.2, 0.25) is 0 Å². The van der Waals surface area contributed by atoms with E-state index in [4.69, 9.17) is 13.0 Å². The minimum Gasteiger partial charge on any atom is -0.741 e. The Morgan fingerprint density at radius 2 is 1.52 bits per heavy atom. The van der Waals surface area contributed by atoms with Gasteiger partial charge >= 0.3 is 5.51 Å². The molecule has 0 aliphatic carbocycles. The number of aromatic nitrogens is 2. The molecule has 2 aromatic carbocycles. The van der Waals surface area contributed by atoms with Crippen molar-refractivity contribution in [2.24, 2.45) is 5.41 Å². The Morgan fingerprint density at radius 3 is 2.12 bits per heavy atom. The van der Waals surface area contributed by atoms with Crippen LogP contribution in [0.15, 0.2) is 72.9 Å². The van der Waals surface area contributed by atoms with Crippen LogP contribution in [-0.2, 0) is 10.1 Å². The molecule has 0 amide bonds. The summed E-state index contributed by atoms with van der Waals surface area (Å²) in [5.41, 5.74) is 1.83. The number of pyridine rings is 2. The average Bonchev–Trinajstić information content (AvgIpc) is 3.14. The molecule has 6 nitrogen and oxygen atoms in total. The van der Waals surface area contributed by atoms with E-state index in [-0.39, 0.29) is 11.0 Å². The van der Waals surface area contributed by atoms with Gasteiger partial charge in [-0.15, -0.1) is 0 Å². The maximum atomic E-state index is 10.7. The molecule has 224 valence electrons. The fraction of sp³-hybridized carbons (Fsp3) is 0.344. The average molecular weight is 600 g/mol. The first-order valence-corrected chi connectivity index (χ1v) is 14.9. The van der Waals surface area contributed by atoms with Crippen molar-refractivity contribution in [1.82, 2.24) is 4.40 Å². The predicted molar refractivity (Wildman–Crippen MR) is 160 cm³/mol. The van der Waals surface area contributed by atoms with E-state index < -0.39 is 15.6 Å². The summed E-state index contributed by atoms with van der Waals surface area (Å²) in [6.07, 6.45) is 3.31. The highest BCUT2D eigenvalue weighted by atomic mass is 32.2. The SMILES string of the molecule is Cc1cccc(-c2cc3ccccc3c3c(NC(C)(C)CC(C)(C)C)[n+]4cc(C)ccc4n23)c1.O=S(=O)([O-])C(F)(F)F. The first kappa shape index (κ1) is 31.3. The predicted octanol–water partition coefficient (Wildman–Crippen LogP) is 7.79. The second-order valence-corrected chi connectivity index (χ2v) is 14.0. The minimum absolute atomic E-state index is 0.0792. The molecule has 0 fully saturated rings. The number of benzene rings is 2. The van der Waals surface area contributed by atoms with Crippen LogP contribution in [-0.4, -0.2) is 28.4 Å². The number of nitrogens with zero attached hydrogens (tertiary/aromatic N) is 2. The van der Waals surface area contributed by atoms with Crippen molar-refractivity contribution < 1.29 is 30.5 Å². The van der Waals surface area contributed by atoms with E-state index in [0.29, 0.717) is 0 Å². The van der Waals surface area contributed by atoms with Gasteiger partial charge in [-0.1, -0.05) is 68.8 Å². The molecule has 0 unspecified atom stereocenters. The highest BCUT2D eigenvalue weighted by Gasteiger charge is 2.37. The summed E-state index contributed by atoms with van der Waals surface area (Å²) < 4.78 is 63.7. The summed E-state index contributed by atoms with van der Waals surface area (Å²) in [6, 6.07) is 24.4. The molecule has 10 heteroatoms. The van der Waals surface area contributed by atoms with E-state index in [1.165, 1.54) is 38.7 Å². The molecule has 0 saturated heterocycles. The van der Waals surface area contributed by atoms with Gasteiger partial charge in [0.05, 0.1) is 11.7 Å². The molecule has 0 bridgehead atoms. The number of hydrogen-bond donors (Lipinski definition) is 1. The molecular weight excluding hydrogens is 563 g/mol. The van der Waals surface area contributed by atoms with Crippen molar-refractivity contribution in [2.45, 2.75) is 65.9 Å². The zero-order valence-corrected chi connectivity index (χ0v) is 25.6. The van der Waals surface area contributed by atoms with Gasteiger partial charge in [0.25, 0.3) is 5.82 Å². The number of fused-ring (bicyclic) bond motifs is 5. The fourth-order valence-corrected chi connectivity index (χ4v) is 5.66. The lowest BCUT2D eigenvalue weighted by atomic mass is 9.82. The Kier molecular flexibility index (Phi) is 8.12. The minimum atomic E-state index is -6.09. The summed E-state index contributed by atoms with van der Waals surface area (Å²) in [4.78, 5) is 0.